The molecule has 0 saturated carbocycles. The van der Waals surface area contributed by atoms with Gasteiger partial charge >= 0.3 is 5.69 Å². The Morgan fingerprint density at radius 3 is 2.79 bits per heavy atom. The summed E-state index contributed by atoms with van der Waals surface area (Å²) < 4.78 is 6.24. The number of anilines is 1. The molecule has 19 heavy (non-hydrogen) atoms. The van der Waals surface area contributed by atoms with E-state index >= 15 is 0 Å². The second kappa shape index (κ2) is 4.87. The molecule has 1 aromatic heterocycles. The number of nitrogens with one attached hydrogen (secondary N) is 1. The number of hydrogen-bond donors (Lipinski definition) is 5. The number of aliphatic hydroxyl groups is 3. The molecule has 106 valence electrons. The molecule has 0 aromatic carbocycles. The van der Waals surface area contributed by atoms with Crippen LogP contribution in [0, 0.1) is 0 Å². The summed E-state index contributed by atoms with van der Waals surface area (Å²) in [4.78, 5) is 15.2. The third kappa shape index (κ3) is 2.22. The molecule has 0 bridgehead atoms. The first-order chi connectivity index (χ1) is 8.91. The molecule has 0 amide bonds. The Labute approximate surface area is 107 Å². The molecule has 9 nitrogen and oxygen atoms in total. The van der Waals surface area contributed by atoms with E-state index in [1.54, 1.807) is 5.48 Å². The summed E-state index contributed by atoms with van der Waals surface area (Å²) in [6.45, 7) is 0.801. The smallest absolute Gasteiger partial charge is 0.351 e. The summed E-state index contributed by atoms with van der Waals surface area (Å²) in [7, 11) is 0. The van der Waals surface area contributed by atoms with Crippen LogP contribution in [-0.2, 0) is 4.74 Å². The summed E-state index contributed by atoms with van der Waals surface area (Å²) in [5, 5.41) is 37.7. The quantitative estimate of drug-likeness (QED) is 0.401. The van der Waals surface area contributed by atoms with Gasteiger partial charge < -0.3 is 20.1 Å². The zero-order chi connectivity index (χ0) is 14.2. The van der Waals surface area contributed by atoms with Crippen LogP contribution in [0.5, 0.6) is 0 Å². The molecule has 9 heteroatoms. The Morgan fingerprint density at radius 1 is 1.63 bits per heavy atom. The minimum absolute atomic E-state index is 0.0573. The molecule has 1 aliphatic heterocycles. The normalized spacial score (nSPS) is 34.5. The second-order valence-electron chi connectivity index (χ2n) is 4.49. The van der Waals surface area contributed by atoms with Gasteiger partial charge in [0.2, 0.25) is 0 Å². The molecule has 0 radical (unpaired) electrons. The summed E-state index contributed by atoms with van der Waals surface area (Å²) in [6.07, 6.45) is -2.28. The Bertz CT molecular complexity index is 516. The zero-order valence-corrected chi connectivity index (χ0v) is 10.1. The molecule has 5 N–H and O–H groups in total. The van der Waals surface area contributed by atoms with Crippen LogP contribution in [0.1, 0.15) is 13.2 Å². The van der Waals surface area contributed by atoms with E-state index in [2.05, 4.69) is 4.98 Å². The predicted octanol–water partition coefficient (Wildman–Crippen LogP) is -1.95. The van der Waals surface area contributed by atoms with Gasteiger partial charge in [-0.25, -0.2) is 4.79 Å². The lowest BCUT2D eigenvalue weighted by molar-refractivity contribution is -0.0987. The number of aromatic nitrogens is 2. The lowest BCUT2D eigenvalue weighted by atomic mass is 9.96. The Morgan fingerprint density at radius 2 is 2.32 bits per heavy atom. The molecular formula is C10H15N3O6. The largest absolute Gasteiger partial charge is 0.394 e. The number of ether oxygens (including phenoxy) is 1. The average Bonchev–Trinajstić information content (AvgIpc) is 2.61. The molecule has 1 fully saturated rings. The maximum absolute atomic E-state index is 11.7. The zero-order valence-electron chi connectivity index (χ0n) is 10.1. The third-order valence-corrected chi connectivity index (χ3v) is 3.13. The van der Waals surface area contributed by atoms with Crippen molar-refractivity contribution >= 4 is 5.82 Å². The van der Waals surface area contributed by atoms with Crippen LogP contribution in [0.25, 0.3) is 0 Å². The van der Waals surface area contributed by atoms with Gasteiger partial charge in [0.1, 0.15) is 17.8 Å². The molecular weight excluding hydrogens is 258 g/mol. The molecule has 1 aliphatic rings. The average molecular weight is 273 g/mol. The molecule has 0 spiro atoms. The number of rotatable bonds is 3. The van der Waals surface area contributed by atoms with Crippen molar-refractivity contribution in [2.75, 3.05) is 12.1 Å². The fourth-order valence-corrected chi connectivity index (χ4v) is 2.04. The van der Waals surface area contributed by atoms with Gasteiger partial charge in [-0.2, -0.15) is 4.98 Å². The van der Waals surface area contributed by atoms with E-state index in [0.717, 1.165) is 4.57 Å². The Kier molecular flexibility index (Phi) is 3.56. The fourth-order valence-electron chi connectivity index (χ4n) is 2.04. The van der Waals surface area contributed by atoms with E-state index in [9.17, 15) is 15.0 Å². The number of aliphatic hydroxyl groups excluding tert-OH is 2. The first-order valence-electron chi connectivity index (χ1n) is 5.58. The van der Waals surface area contributed by atoms with Gasteiger partial charge in [0.25, 0.3) is 0 Å². The molecule has 2 rings (SSSR count). The van der Waals surface area contributed by atoms with E-state index in [-0.39, 0.29) is 5.82 Å². The Hall–Kier alpha value is -1.52. The van der Waals surface area contributed by atoms with E-state index in [1.165, 1.54) is 19.2 Å². The van der Waals surface area contributed by atoms with Crippen molar-refractivity contribution in [1.82, 2.24) is 9.55 Å². The van der Waals surface area contributed by atoms with Crippen LogP contribution in [0.2, 0.25) is 0 Å². The number of hydrogen-bond acceptors (Lipinski definition) is 8. The minimum Gasteiger partial charge on any atom is -0.394 e. The lowest BCUT2D eigenvalue weighted by Crippen LogP contribution is -2.46. The van der Waals surface area contributed by atoms with Crippen molar-refractivity contribution in [3.8, 4) is 0 Å². The number of nitrogens with zero attached hydrogens (tertiary/aromatic N) is 2. The fraction of sp³-hybridized carbons (Fsp3) is 0.600. The van der Waals surface area contributed by atoms with Crippen molar-refractivity contribution in [1.29, 1.82) is 0 Å². The van der Waals surface area contributed by atoms with Gasteiger partial charge in [-0.3, -0.25) is 15.3 Å². The van der Waals surface area contributed by atoms with E-state index in [1.807, 2.05) is 0 Å². The van der Waals surface area contributed by atoms with E-state index in [0.29, 0.717) is 0 Å². The maximum Gasteiger partial charge on any atom is 0.351 e. The first kappa shape index (κ1) is 13.9. The summed E-state index contributed by atoms with van der Waals surface area (Å²) >= 11 is 0. The van der Waals surface area contributed by atoms with Crippen LogP contribution in [0.3, 0.4) is 0 Å². The van der Waals surface area contributed by atoms with Crippen molar-refractivity contribution in [3.63, 3.8) is 0 Å². The van der Waals surface area contributed by atoms with Gasteiger partial charge in [0.05, 0.1) is 6.61 Å². The molecule has 0 aliphatic carbocycles. The maximum atomic E-state index is 11.7. The van der Waals surface area contributed by atoms with Crippen molar-refractivity contribution in [2.45, 2.75) is 31.0 Å². The highest BCUT2D eigenvalue weighted by Gasteiger charge is 2.53. The topological polar surface area (TPSA) is 137 Å². The predicted molar refractivity (Wildman–Crippen MR) is 61.5 cm³/mol. The second-order valence-corrected chi connectivity index (χ2v) is 4.49. The van der Waals surface area contributed by atoms with Crippen LogP contribution in [-0.4, -0.2) is 54.5 Å². The van der Waals surface area contributed by atoms with Gasteiger partial charge in [0.15, 0.2) is 12.0 Å². The van der Waals surface area contributed by atoms with Gasteiger partial charge in [-0.05, 0) is 13.0 Å². The summed E-state index contributed by atoms with van der Waals surface area (Å²) in [5.41, 5.74) is -0.821. The van der Waals surface area contributed by atoms with Gasteiger partial charge in [-0.1, -0.05) is 0 Å². The first-order valence-corrected chi connectivity index (χ1v) is 5.58. The molecule has 1 aromatic rings. The highest BCUT2D eigenvalue weighted by Crippen LogP contribution is 2.37. The monoisotopic (exact) mass is 273 g/mol. The van der Waals surface area contributed by atoms with Gasteiger partial charge in [-0.15, -0.1) is 0 Å². The SMILES string of the molecule is CC1(O)C(O)C(CO)OC1n1ccc(NO)nc1=O. The standard InChI is InChI=1S/C10H15N3O6/c1-10(17)7(15)5(4-14)19-8(10)13-3-2-6(12-18)11-9(13)16/h2-3,5,7-8,14-15,17-18H,4H2,1H3,(H,11,12,16). The highest BCUT2D eigenvalue weighted by atomic mass is 16.6. The molecule has 1 saturated heterocycles. The van der Waals surface area contributed by atoms with Crippen molar-refractivity contribution < 1.29 is 25.3 Å². The molecule has 2 heterocycles. The summed E-state index contributed by atoms with van der Waals surface area (Å²) in [5.74, 6) is -0.0573. The van der Waals surface area contributed by atoms with Gasteiger partial charge in [0, 0.05) is 6.20 Å². The van der Waals surface area contributed by atoms with E-state index < -0.39 is 36.3 Å². The van der Waals surface area contributed by atoms with E-state index in [4.69, 9.17) is 15.1 Å². The lowest BCUT2D eigenvalue weighted by Gasteiger charge is -2.27. The van der Waals surface area contributed by atoms with Crippen molar-refractivity contribution in [2.24, 2.45) is 0 Å². The minimum atomic E-state index is -1.76. The third-order valence-electron chi connectivity index (χ3n) is 3.13. The summed E-state index contributed by atoms with van der Waals surface area (Å²) in [6, 6.07) is 1.29. The Balaban J connectivity index is 2.39. The molecule has 4 atom stereocenters. The highest BCUT2D eigenvalue weighted by molar-refractivity contribution is 5.28. The van der Waals surface area contributed by atoms with Crippen LogP contribution < -0.4 is 11.2 Å². The van der Waals surface area contributed by atoms with Crippen LogP contribution in [0.15, 0.2) is 17.1 Å². The van der Waals surface area contributed by atoms with Crippen LogP contribution in [0.4, 0.5) is 5.82 Å². The molecule has 4 unspecified atom stereocenters. The van der Waals surface area contributed by atoms with Crippen molar-refractivity contribution in [3.05, 3.63) is 22.7 Å². The van der Waals surface area contributed by atoms with Crippen LogP contribution >= 0.6 is 0 Å².